The molecule has 0 atom stereocenters. The Morgan fingerprint density at radius 2 is 1.71 bits per heavy atom. The van der Waals surface area contributed by atoms with Gasteiger partial charge in [-0.15, -0.1) is 0 Å². The third-order valence-electron chi connectivity index (χ3n) is 4.28. The van der Waals surface area contributed by atoms with Gasteiger partial charge in [-0.25, -0.2) is 13.6 Å². The number of nitrogens with two attached hydrogens (primary N) is 1. The smallest absolute Gasteiger partial charge is 0.293 e. The van der Waals surface area contributed by atoms with Crippen molar-refractivity contribution in [2.24, 2.45) is 5.14 Å². The van der Waals surface area contributed by atoms with Gasteiger partial charge in [0.1, 0.15) is 5.69 Å². The number of aryl methyl sites for hydroxylation is 1. The molecule has 28 heavy (non-hydrogen) atoms. The molecule has 7 nitrogen and oxygen atoms in total. The van der Waals surface area contributed by atoms with Gasteiger partial charge in [0.15, 0.2) is 0 Å². The third-order valence-corrected chi connectivity index (χ3v) is 5.19. The van der Waals surface area contributed by atoms with Gasteiger partial charge in [-0.05, 0) is 35.7 Å². The van der Waals surface area contributed by atoms with Crippen LogP contribution in [-0.4, -0.2) is 13.3 Å². The molecule has 0 aliphatic carbocycles. The molecule has 3 aromatic rings. The van der Waals surface area contributed by atoms with Crippen LogP contribution in [0, 0.1) is 17.0 Å². The lowest BCUT2D eigenvalue weighted by molar-refractivity contribution is -0.384. The second kappa shape index (κ2) is 7.79. The summed E-state index contributed by atoms with van der Waals surface area (Å²) in [4.78, 5) is 10.3. The zero-order valence-corrected chi connectivity index (χ0v) is 15.9. The predicted octanol–water partition coefficient (Wildman–Crippen LogP) is 3.83. The van der Waals surface area contributed by atoms with Crippen LogP contribution in [0.4, 0.5) is 11.4 Å². The summed E-state index contributed by atoms with van der Waals surface area (Å²) in [5, 5.41) is 19.3. The molecule has 3 aromatic carbocycles. The van der Waals surface area contributed by atoms with Crippen LogP contribution in [0.25, 0.3) is 11.1 Å². The summed E-state index contributed by atoms with van der Waals surface area (Å²) >= 11 is 0. The van der Waals surface area contributed by atoms with Gasteiger partial charge >= 0.3 is 0 Å². The van der Waals surface area contributed by atoms with Crippen molar-refractivity contribution in [1.82, 2.24) is 0 Å². The summed E-state index contributed by atoms with van der Waals surface area (Å²) < 4.78 is 22.8. The molecule has 0 aromatic heterocycles. The maximum Gasteiger partial charge on any atom is 0.293 e. The van der Waals surface area contributed by atoms with Crippen LogP contribution in [0.2, 0.25) is 0 Å². The van der Waals surface area contributed by atoms with E-state index in [1.54, 1.807) is 0 Å². The second-order valence-corrected chi connectivity index (χ2v) is 7.96. The number of primary sulfonamides is 1. The van der Waals surface area contributed by atoms with Crippen LogP contribution >= 0.6 is 0 Å². The highest BCUT2D eigenvalue weighted by Crippen LogP contribution is 2.28. The van der Waals surface area contributed by atoms with Crippen molar-refractivity contribution < 1.29 is 13.3 Å². The first-order valence-corrected chi connectivity index (χ1v) is 10.00. The zero-order chi connectivity index (χ0) is 20.3. The van der Waals surface area contributed by atoms with E-state index in [0.29, 0.717) is 6.54 Å². The molecule has 3 N–H and O–H groups in total. The van der Waals surface area contributed by atoms with E-state index in [-0.39, 0.29) is 16.3 Å². The van der Waals surface area contributed by atoms with E-state index in [1.807, 2.05) is 49.4 Å². The highest BCUT2D eigenvalue weighted by molar-refractivity contribution is 7.89. The van der Waals surface area contributed by atoms with Crippen molar-refractivity contribution in [2.45, 2.75) is 18.4 Å². The van der Waals surface area contributed by atoms with Crippen molar-refractivity contribution in [1.29, 1.82) is 0 Å². The van der Waals surface area contributed by atoms with E-state index in [4.69, 9.17) is 5.14 Å². The predicted molar refractivity (Wildman–Crippen MR) is 108 cm³/mol. The van der Waals surface area contributed by atoms with E-state index in [2.05, 4.69) is 11.4 Å². The van der Waals surface area contributed by atoms with Gasteiger partial charge in [0, 0.05) is 12.6 Å². The molecule has 0 aliphatic rings. The lowest BCUT2D eigenvalue weighted by Crippen LogP contribution is -2.13. The molecular weight excluding hydrogens is 378 g/mol. The minimum absolute atomic E-state index is 0.222. The van der Waals surface area contributed by atoms with Crippen molar-refractivity contribution in [3.8, 4) is 11.1 Å². The lowest BCUT2D eigenvalue weighted by Gasteiger charge is -2.09. The Labute approximate surface area is 163 Å². The maximum absolute atomic E-state index is 11.4. The van der Waals surface area contributed by atoms with Crippen LogP contribution < -0.4 is 10.5 Å². The third kappa shape index (κ3) is 4.54. The minimum atomic E-state index is -4.01. The van der Waals surface area contributed by atoms with Crippen molar-refractivity contribution in [3.05, 3.63) is 88.0 Å². The fourth-order valence-corrected chi connectivity index (χ4v) is 3.36. The SMILES string of the molecule is Cc1cccc(-c2ccc(CNc3ccc(S(N)(=O)=O)cc3[N+](=O)[O-])cc2)c1. The first kappa shape index (κ1) is 19.5. The molecule has 0 amide bonds. The topological polar surface area (TPSA) is 115 Å². The summed E-state index contributed by atoms with van der Waals surface area (Å²) in [6.07, 6.45) is 0. The molecule has 0 saturated heterocycles. The molecule has 0 heterocycles. The van der Waals surface area contributed by atoms with Gasteiger partial charge in [0.05, 0.1) is 9.82 Å². The average molecular weight is 397 g/mol. The van der Waals surface area contributed by atoms with Crippen LogP contribution in [-0.2, 0) is 16.6 Å². The van der Waals surface area contributed by atoms with E-state index in [9.17, 15) is 18.5 Å². The number of sulfonamides is 1. The number of benzene rings is 3. The van der Waals surface area contributed by atoms with Crippen molar-refractivity contribution in [3.63, 3.8) is 0 Å². The molecule has 0 bridgehead atoms. The summed E-state index contributed by atoms with van der Waals surface area (Å²) in [7, 11) is -4.01. The van der Waals surface area contributed by atoms with Gasteiger partial charge in [0.25, 0.3) is 5.69 Å². The molecule has 0 spiro atoms. The highest BCUT2D eigenvalue weighted by Gasteiger charge is 2.18. The largest absolute Gasteiger partial charge is 0.375 e. The summed E-state index contributed by atoms with van der Waals surface area (Å²) in [6, 6.07) is 19.6. The first-order chi connectivity index (χ1) is 13.2. The molecule has 0 radical (unpaired) electrons. The number of anilines is 1. The molecular formula is C20H19N3O4S. The Morgan fingerprint density at radius 3 is 2.32 bits per heavy atom. The Balaban J connectivity index is 1.78. The monoisotopic (exact) mass is 397 g/mol. The standard InChI is InChI=1S/C20H19N3O4S/c1-14-3-2-4-17(11-14)16-7-5-15(6-8-16)13-22-19-10-9-18(28(21,26)27)12-20(19)23(24)25/h2-12,22H,13H2,1H3,(H2,21,26,27). The number of nitro benzene ring substituents is 1. The summed E-state index contributed by atoms with van der Waals surface area (Å²) in [6.45, 7) is 2.39. The lowest BCUT2D eigenvalue weighted by atomic mass is 10.0. The van der Waals surface area contributed by atoms with Gasteiger partial charge in [0.2, 0.25) is 10.0 Å². The van der Waals surface area contributed by atoms with Crippen molar-refractivity contribution >= 4 is 21.4 Å². The quantitative estimate of drug-likeness (QED) is 0.484. The van der Waals surface area contributed by atoms with Gasteiger partial charge in [-0.1, -0.05) is 54.1 Å². The summed E-state index contributed by atoms with van der Waals surface area (Å²) in [5.74, 6) is 0. The summed E-state index contributed by atoms with van der Waals surface area (Å²) in [5.41, 5.74) is 4.19. The number of nitrogens with zero attached hydrogens (tertiary/aromatic N) is 1. The fraction of sp³-hybridized carbons (Fsp3) is 0.100. The van der Waals surface area contributed by atoms with Crippen molar-refractivity contribution in [2.75, 3.05) is 5.32 Å². The van der Waals surface area contributed by atoms with E-state index in [0.717, 1.165) is 22.8 Å². The number of nitrogens with one attached hydrogen (secondary N) is 1. The van der Waals surface area contributed by atoms with E-state index < -0.39 is 14.9 Å². The molecule has 3 rings (SSSR count). The molecule has 0 aliphatic heterocycles. The molecule has 0 fully saturated rings. The van der Waals surface area contributed by atoms with E-state index >= 15 is 0 Å². The number of hydrogen-bond donors (Lipinski definition) is 2. The molecule has 0 saturated carbocycles. The van der Waals surface area contributed by atoms with Crippen LogP contribution in [0.3, 0.4) is 0 Å². The highest BCUT2D eigenvalue weighted by atomic mass is 32.2. The Morgan fingerprint density at radius 1 is 1.00 bits per heavy atom. The zero-order valence-electron chi connectivity index (χ0n) is 15.1. The molecule has 0 unspecified atom stereocenters. The normalized spacial score (nSPS) is 11.2. The van der Waals surface area contributed by atoms with E-state index in [1.165, 1.54) is 17.7 Å². The fourth-order valence-electron chi connectivity index (χ4n) is 2.83. The number of rotatable bonds is 6. The van der Waals surface area contributed by atoms with Crippen LogP contribution in [0.1, 0.15) is 11.1 Å². The Hall–Kier alpha value is -3.23. The maximum atomic E-state index is 11.4. The van der Waals surface area contributed by atoms with Crippen LogP contribution in [0.15, 0.2) is 71.6 Å². The Bertz CT molecular complexity index is 1130. The average Bonchev–Trinajstić information content (AvgIpc) is 2.66. The van der Waals surface area contributed by atoms with Gasteiger partial charge < -0.3 is 5.32 Å². The number of nitro groups is 1. The first-order valence-electron chi connectivity index (χ1n) is 8.45. The van der Waals surface area contributed by atoms with Crippen LogP contribution in [0.5, 0.6) is 0 Å². The second-order valence-electron chi connectivity index (χ2n) is 6.40. The molecule has 8 heteroatoms. The minimum Gasteiger partial charge on any atom is -0.375 e. The van der Waals surface area contributed by atoms with Gasteiger partial charge in [-0.3, -0.25) is 10.1 Å². The molecule has 144 valence electrons. The van der Waals surface area contributed by atoms with Gasteiger partial charge in [-0.2, -0.15) is 0 Å². The Kier molecular flexibility index (Phi) is 5.43. The number of hydrogen-bond acceptors (Lipinski definition) is 5.